The zero-order chi connectivity index (χ0) is 13.2. The molecule has 0 fully saturated rings. The van der Waals surface area contributed by atoms with Crippen molar-refractivity contribution in [1.82, 2.24) is 5.43 Å². The molecule has 1 atom stereocenters. The molecule has 0 saturated heterocycles. The molecule has 1 unspecified atom stereocenters. The number of halogens is 1. The molecule has 1 heterocycles. The van der Waals surface area contributed by atoms with Gasteiger partial charge in [-0.3, -0.25) is 11.3 Å². The highest BCUT2D eigenvalue weighted by Crippen LogP contribution is 2.34. The Labute approximate surface area is 122 Å². The second-order valence-corrected chi connectivity index (χ2v) is 6.61. The Morgan fingerprint density at radius 2 is 2.21 bits per heavy atom. The fourth-order valence-corrected chi connectivity index (χ4v) is 4.20. The minimum atomic E-state index is 0.175. The van der Waals surface area contributed by atoms with Crippen LogP contribution in [0.15, 0.2) is 30.3 Å². The quantitative estimate of drug-likeness (QED) is 0.667. The smallest absolute Gasteiger partial charge is 0.0593 e. The highest BCUT2D eigenvalue weighted by Gasteiger charge is 2.19. The van der Waals surface area contributed by atoms with Crippen molar-refractivity contribution in [2.45, 2.75) is 31.7 Å². The lowest BCUT2D eigenvalue weighted by Gasteiger charge is -2.14. The summed E-state index contributed by atoms with van der Waals surface area (Å²) in [4.78, 5) is 2.88. The molecule has 0 bridgehead atoms. The summed E-state index contributed by atoms with van der Waals surface area (Å²) in [6.07, 6.45) is 4.63. The summed E-state index contributed by atoms with van der Waals surface area (Å²) >= 11 is 7.93. The van der Waals surface area contributed by atoms with Crippen molar-refractivity contribution in [3.63, 3.8) is 0 Å². The van der Waals surface area contributed by atoms with Crippen LogP contribution in [0.5, 0.6) is 0 Å². The second-order valence-electron chi connectivity index (χ2n) is 5.00. The lowest BCUT2D eigenvalue weighted by Crippen LogP contribution is -2.29. The van der Waals surface area contributed by atoms with E-state index >= 15 is 0 Å². The van der Waals surface area contributed by atoms with Gasteiger partial charge in [-0.2, -0.15) is 0 Å². The van der Waals surface area contributed by atoms with Crippen molar-refractivity contribution in [3.05, 3.63) is 56.2 Å². The highest BCUT2D eigenvalue weighted by molar-refractivity contribution is 7.12. The predicted octanol–water partition coefficient (Wildman–Crippen LogP) is 3.64. The molecule has 3 N–H and O–H groups in total. The van der Waals surface area contributed by atoms with Gasteiger partial charge in [-0.25, -0.2) is 0 Å². The van der Waals surface area contributed by atoms with E-state index in [2.05, 4.69) is 17.6 Å². The van der Waals surface area contributed by atoms with E-state index in [9.17, 15) is 0 Å². The van der Waals surface area contributed by atoms with E-state index < -0.39 is 0 Å². The summed E-state index contributed by atoms with van der Waals surface area (Å²) in [5.41, 5.74) is 5.67. The monoisotopic (exact) mass is 292 g/mol. The van der Waals surface area contributed by atoms with Crippen molar-refractivity contribution in [2.24, 2.45) is 5.84 Å². The number of hydrogen-bond acceptors (Lipinski definition) is 3. The number of nitrogens with one attached hydrogen (secondary N) is 1. The van der Waals surface area contributed by atoms with Crippen molar-refractivity contribution >= 4 is 22.9 Å². The van der Waals surface area contributed by atoms with Gasteiger partial charge in [-0.05, 0) is 55.0 Å². The van der Waals surface area contributed by atoms with Crippen molar-refractivity contribution in [2.75, 3.05) is 0 Å². The van der Waals surface area contributed by atoms with E-state index in [0.29, 0.717) is 0 Å². The van der Waals surface area contributed by atoms with Crippen LogP contribution in [0, 0.1) is 0 Å². The average molecular weight is 293 g/mol. The molecule has 3 rings (SSSR count). The van der Waals surface area contributed by atoms with Crippen LogP contribution in [0.2, 0.25) is 5.02 Å². The van der Waals surface area contributed by atoms with Crippen LogP contribution in [0.3, 0.4) is 0 Å². The number of rotatable bonds is 4. The number of hydrogen-bond donors (Lipinski definition) is 2. The molecule has 0 radical (unpaired) electrons. The molecule has 0 amide bonds. The Kier molecular flexibility index (Phi) is 3.89. The molecule has 19 heavy (non-hydrogen) atoms. The first-order chi connectivity index (χ1) is 9.26. The fourth-order valence-electron chi connectivity index (χ4n) is 2.67. The molecule has 4 heteroatoms. The summed E-state index contributed by atoms with van der Waals surface area (Å²) in [6, 6.07) is 10.5. The van der Waals surface area contributed by atoms with E-state index in [4.69, 9.17) is 17.4 Å². The molecule has 2 nitrogen and oxygen atoms in total. The van der Waals surface area contributed by atoms with Crippen molar-refractivity contribution < 1.29 is 0 Å². The van der Waals surface area contributed by atoms with Crippen LogP contribution in [-0.4, -0.2) is 0 Å². The minimum Gasteiger partial charge on any atom is -0.271 e. The lowest BCUT2D eigenvalue weighted by molar-refractivity contribution is 0.560. The molecule has 1 aliphatic rings. The third-order valence-electron chi connectivity index (χ3n) is 3.64. The largest absolute Gasteiger partial charge is 0.271 e. The maximum absolute atomic E-state index is 6.03. The Balaban J connectivity index is 1.80. The van der Waals surface area contributed by atoms with Gasteiger partial charge >= 0.3 is 0 Å². The molecule has 1 aliphatic carbocycles. The van der Waals surface area contributed by atoms with E-state index in [-0.39, 0.29) is 6.04 Å². The maximum Gasteiger partial charge on any atom is 0.0593 e. The molecule has 1 aromatic heterocycles. The highest BCUT2D eigenvalue weighted by atomic mass is 35.5. The Morgan fingerprint density at radius 3 is 2.95 bits per heavy atom. The van der Waals surface area contributed by atoms with Crippen LogP contribution in [0.1, 0.15) is 33.3 Å². The predicted molar refractivity (Wildman–Crippen MR) is 81.6 cm³/mol. The topological polar surface area (TPSA) is 38.0 Å². The van der Waals surface area contributed by atoms with Gasteiger partial charge in [-0.15, -0.1) is 11.3 Å². The van der Waals surface area contributed by atoms with E-state index in [1.54, 1.807) is 4.88 Å². The Morgan fingerprint density at radius 1 is 1.32 bits per heavy atom. The number of hydrazine groups is 1. The molecule has 0 aliphatic heterocycles. The fraction of sp³-hybridized carbons (Fsp3) is 0.333. The summed E-state index contributed by atoms with van der Waals surface area (Å²) < 4.78 is 0. The number of thiophene rings is 1. The molecule has 100 valence electrons. The van der Waals surface area contributed by atoms with Crippen LogP contribution < -0.4 is 11.3 Å². The number of nitrogens with two attached hydrogens (primary N) is 1. The van der Waals surface area contributed by atoms with E-state index in [1.165, 1.54) is 35.3 Å². The van der Waals surface area contributed by atoms with Gasteiger partial charge < -0.3 is 0 Å². The van der Waals surface area contributed by atoms with E-state index in [1.807, 2.05) is 29.5 Å². The van der Waals surface area contributed by atoms with Gasteiger partial charge in [0.15, 0.2) is 0 Å². The van der Waals surface area contributed by atoms with Gasteiger partial charge in [0.2, 0.25) is 0 Å². The van der Waals surface area contributed by atoms with Gasteiger partial charge in [0, 0.05) is 14.8 Å². The first-order valence-electron chi connectivity index (χ1n) is 6.58. The third kappa shape index (κ3) is 2.84. The minimum absolute atomic E-state index is 0.175. The van der Waals surface area contributed by atoms with Gasteiger partial charge in [0.05, 0.1) is 6.04 Å². The zero-order valence-electron chi connectivity index (χ0n) is 10.7. The molecule has 1 aromatic carbocycles. The van der Waals surface area contributed by atoms with Crippen LogP contribution in [0.25, 0.3) is 0 Å². The standard InChI is InChI=1S/C15H17ClN2S/c16-12-5-1-3-10(7-12)8-13(18-17)15-9-11-4-2-6-14(11)19-15/h1,3,5,7,9,13,18H,2,4,6,8,17H2. The van der Waals surface area contributed by atoms with Gasteiger partial charge in [0.25, 0.3) is 0 Å². The normalized spacial score (nSPS) is 15.5. The first-order valence-corrected chi connectivity index (χ1v) is 7.78. The maximum atomic E-state index is 6.03. The number of aryl methyl sites for hydroxylation is 2. The number of benzene rings is 1. The second kappa shape index (κ2) is 5.63. The summed E-state index contributed by atoms with van der Waals surface area (Å²) in [5, 5.41) is 0.780. The Hall–Kier alpha value is -0.870. The SMILES string of the molecule is NNC(Cc1cccc(Cl)c1)c1cc2c(s1)CCC2. The molecule has 2 aromatic rings. The summed E-state index contributed by atoms with van der Waals surface area (Å²) in [5.74, 6) is 5.73. The third-order valence-corrected chi connectivity index (χ3v) is 5.23. The van der Waals surface area contributed by atoms with Crippen molar-refractivity contribution in [1.29, 1.82) is 0 Å². The molecular formula is C15H17ClN2S. The van der Waals surface area contributed by atoms with E-state index in [0.717, 1.165) is 11.4 Å². The first kappa shape index (κ1) is 13.1. The molecule has 0 saturated carbocycles. The average Bonchev–Trinajstić information content (AvgIpc) is 2.96. The van der Waals surface area contributed by atoms with Crippen molar-refractivity contribution in [3.8, 4) is 0 Å². The summed E-state index contributed by atoms with van der Waals surface area (Å²) in [7, 11) is 0. The molecule has 0 spiro atoms. The van der Waals surface area contributed by atoms with Gasteiger partial charge in [0.1, 0.15) is 0 Å². The zero-order valence-corrected chi connectivity index (χ0v) is 12.2. The van der Waals surface area contributed by atoms with Gasteiger partial charge in [-0.1, -0.05) is 23.7 Å². The Bertz CT molecular complexity index is 558. The van der Waals surface area contributed by atoms with Crippen LogP contribution in [0.4, 0.5) is 0 Å². The van der Waals surface area contributed by atoms with Crippen LogP contribution >= 0.6 is 22.9 Å². The summed E-state index contributed by atoms with van der Waals surface area (Å²) in [6.45, 7) is 0. The number of fused-ring (bicyclic) bond motifs is 1. The lowest BCUT2D eigenvalue weighted by atomic mass is 10.0. The van der Waals surface area contributed by atoms with Crippen LogP contribution in [-0.2, 0) is 19.3 Å². The molecular weight excluding hydrogens is 276 g/mol.